The van der Waals surface area contributed by atoms with Gasteiger partial charge in [0.25, 0.3) is 0 Å². The summed E-state index contributed by atoms with van der Waals surface area (Å²) in [6, 6.07) is 12.4. The highest BCUT2D eigenvalue weighted by Crippen LogP contribution is 2.14. The number of primary sulfonamides is 1. The minimum absolute atomic E-state index is 0.212. The summed E-state index contributed by atoms with van der Waals surface area (Å²) in [6.07, 6.45) is 0.834. The molecule has 0 unspecified atom stereocenters. The Morgan fingerprint density at radius 3 is 2.13 bits per heavy atom. The van der Waals surface area contributed by atoms with Crippen molar-refractivity contribution in [2.75, 3.05) is 0 Å². The Kier molecular flexibility index (Phi) is 6.80. The maximum atomic E-state index is 12.7. The van der Waals surface area contributed by atoms with Crippen LogP contribution in [0.2, 0.25) is 0 Å². The van der Waals surface area contributed by atoms with E-state index in [0.717, 1.165) is 23.8 Å². The van der Waals surface area contributed by atoms with Crippen LogP contribution in [0.15, 0.2) is 53.4 Å². The molecule has 0 spiro atoms. The molecule has 0 heterocycles. The van der Waals surface area contributed by atoms with Crippen LogP contribution < -0.4 is 5.14 Å². The number of benzene rings is 2. The van der Waals surface area contributed by atoms with Crippen molar-refractivity contribution >= 4 is 16.0 Å². The molecular weight excluding hydrogens is 328 g/mol. The zero-order valence-corrected chi connectivity index (χ0v) is 12.8. The maximum Gasteiger partial charge on any atom is 0.303 e. The van der Waals surface area contributed by atoms with Gasteiger partial charge in [0.15, 0.2) is 11.6 Å². The second-order valence-corrected chi connectivity index (χ2v) is 6.01. The molecule has 2 aromatic rings. The highest BCUT2D eigenvalue weighted by molar-refractivity contribution is 7.89. The molecule has 23 heavy (non-hydrogen) atoms. The van der Waals surface area contributed by atoms with Crippen molar-refractivity contribution < 1.29 is 27.1 Å². The fourth-order valence-electron chi connectivity index (χ4n) is 1.60. The number of hydrogen-bond acceptors (Lipinski definition) is 3. The highest BCUT2D eigenvalue weighted by Gasteiger charge is 2.16. The van der Waals surface area contributed by atoms with Gasteiger partial charge in [-0.2, -0.15) is 0 Å². The summed E-state index contributed by atoms with van der Waals surface area (Å²) < 4.78 is 46.2. The standard InChI is InChI=1S/C9H10O2.C6H5F2NO2S/c10-9(11)7-6-8-4-2-1-3-5-8;7-4-2-1-3-5(6(4)8)12(9,10)11/h1-5H,6-7H2,(H,10,11);1-3H,(H2,9,10,11). The molecule has 0 atom stereocenters. The van der Waals surface area contributed by atoms with Crippen LogP contribution >= 0.6 is 0 Å². The summed E-state index contributed by atoms with van der Waals surface area (Å²) in [5.41, 5.74) is 1.08. The molecular formula is C15H15F2NO4S. The lowest BCUT2D eigenvalue weighted by Crippen LogP contribution is -2.14. The second-order valence-electron chi connectivity index (χ2n) is 4.48. The number of hydrogen-bond donors (Lipinski definition) is 2. The summed E-state index contributed by atoms with van der Waals surface area (Å²) in [4.78, 5) is 9.34. The quantitative estimate of drug-likeness (QED) is 0.890. The smallest absolute Gasteiger partial charge is 0.303 e. The van der Waals surface area contributed by atoms with Gasteiger partial charge in [0.05, 0.1) is 0 Å². The molecule has 0 radical (unpaired) electrons. The Hall–Kier alpha value is -2.32. The van der Waals surface area contributed by atoms with Crippen LogP contribution in [0.5, 0.6) is 0 Å². The van der Waals surface area contributed by atoms with Crippen LogP contribution in [-0.4, -0.2) is 19.5 Å². The predicted molar refractivity (Wildman–Crippen MR) is 80.1 cm³/mol. The van der Waals surface area contributed by atoms with E-state index in [1.54, 1.807) is 0 Å². The van der Waals surface area contributed by atoms with Gasteiger partial charge >= 0.3 is 5.97 Å². The molecule has 0 aliphatic carbocycles. The van der Waals surface area contributed by atoms with Crippen LogP contribution in [0.3, 0.4) is 0 Å². The minimum atomic E-state index is -4.17. The van der Waals surface area contributed by atoms with Crippen molar-refractivity contribution in [1.29, 1.82) is 0 Å². The molecule has 0 amide bonds. The first-order valence-electron chi connectivity index (χ1n) is 6.44. The van der Waals surface area contributed by atoms with Crippen molar-refractivity contribution in [3.8, 4) is 0 Å². The normalized spacial score (nSPS) is 10.6. The van der Waals surface area contributed by atoms with Gasteiger partial charge in [-0.25, -0.2) is 22.3 Å². The summed E-state index contributed by atoms with van der Waals surface area (Å²) >= 11 is 0. The van der Waals surface area contributed by atoms with Crippen LogP contribution in [0.4, 0.5) is 8.78 Å². The summed E-state index contributed by atoms with van der Waals surface area (Å²) in [5, 5.41) is 13.0. The van der Waals surface area contributed by atoms with Gasteiger partial charge in [-0.3, -0.25) is 4.79 Å². The molecule has 0 aliphatic heterocycles. The Labute approximate surface area is 132 Å². The number of carboxylic acid groups (broad SMARTS) is 1. The van der Waals surface area contributed by atoms with Gasteiger partial charge in [-0.1, -0.05) is 36.4 Å². The SMILES string of the molecule is NS(=O)(=O)c1cccc(F)c1F.O=C(O)CCc1ccccc1. The molecule has 0 fully saturated rings. The molecule has 0 bridgehead atoms. The van der Waals surface area contributed by atoms with E-state index in [-0.39, 0.29) is 6.42 Å². The van der Waals surface area contributed by atoms with E-state index in [1.807, 2.05) is 30.3 Å². The van der Waals surface area contributed by atoms with Gasteiger partial charge in [0.1, 0.15) is 4.90 Å². The lowest BCUT2D eigenvalue weighted by atomic mass is 10.1. The topological polar surface area (TPSA) is 97.5 Å². The summed E-state index contributed by atoms with van der Waals surface area (Å²) in [5.74, 6) is -3.42. The van der Waals surface area contributed by atoms with Gasteiger partial charge in [-0.05, 0) is 24.1 Å². The van der Waals surface area contributed by atoms with E-state index in [0.29, 0.717) is 6.42 Å². The Bertz CT molecular complexity index is 764. The third-order valence-corrected chi connectivity index (χ3v) is 3.62. The largest absolute Gasteiger partial charge is 0.481 e. The van der Waals surface area contributed by atoms with E-state index in [4.69, 9.17) is 5.11 Å². The number of sulfonamides is 1. The Morgan fingerprint density at radius 2 is 1.65 bits per heavy atom. The van der Waals surface area contributed by atoms with Crippen LogP contribution in [0, 0.1) is 11.6 Å². The number of carboxylic acids is 1. The number of carbonyl (C=O) groups is 1. The molecule has 8 heteroatoms. The first kappa shape index (κ1) is 18.7. The van der Waals surface area contributed by atoms with E-state index in [2.05, 4.69) is 5.14 Å². The monoisotopic (exact) mass is 343 g/mol. The van der Waals surface area contributed by atoms with E-state index in [9.17, 15) is 22.0 Å². The van der Waals surface area contributed by atoms with Gasteiger partial charge in [-0.15, -0.1) is 0 Å². The van der Waals surface area contributed by atoms with E-state index >= 15 is 0 Å². The van der Waals surface area contributed by atoms with Crippen molar-refractivity contribution in [2.45, 2.75) is 17.7 Å². The zero-order valence-electron chi connectivity index (χ0n) is 11.9. The van der Waals surface area contributed by atoms with Crippen molar-refractivity contribution in [2.24, 2.45) is 5.14 Å². The van der Waals surface area contributed by atoms with E-state index < -0.39 is 32.5 Å². The average Bonchev–Trinajstić information content (AvgIpc) is 2.48. The second kappa shape index (κ2) is 8.35. The first-order valence-corrected chi connectivity index (χ1v) is 7.99. The molecule has 0 saturated carbocycles. The number of aryl methyl sites for hydroxylation is 1. The van der Waals surface area contributed by atoms with Crippen LogP contribution in [-0.2, 0) is 21.2 Å². The zero-order chi connectivity index (χ0) is 17.5. The third-order valence-electron chi connectivity index (χ3n) is 2.69. The Morgan fingerprint density at radius 1 is 1.04 bits per heavy atom. The first-order chi connectivity index (χ1) is 10.7. The predicted octanol–water partition coefficient (Wildman–Crippen LogP) is 2.32. The molecule has 0 aliphatic rings. The molecule has 0 aromatic heterocycles. The molecule has 2 rings (SSSR count). The van der Waals surface area contributed by atoms with Crippen LogP contribution in [0.25, 0.3) is 0 Å². The molecule has 2 aromatic carbocycles. The Balaban J connectivity index is 0.000000231. The van der Waals surface area contributed by atoms with E-state index in [1.165, 1.54) is 0 Å². The maximum absolute atomic E-state index is 12.7. The fraction of sp³-hybridized carbons (Fsp3) is 0.133. The third kappa shape index (κ3) is 6.54. The van der Waals surface area contributed by atoms with Crippen molar-refractivity contribution in [1.82, 2.24) is 0 Å². The highest BCUT2D eigenvalue weighted by atomic mass is 32.2. The van der Waals surface area contributed by atoms with Gasteiger partial charge < -0.3 is 5.11 Å². The number of aliphatic carboxylic acids is 1. The number of rotatable bonds is 4. The lowest BCUT2D eigenvalue weighted by molar-refractivity contribution is -0.136. The fourth-order valence-corrected chi connectivity index (χ4v) is 2.22. The molecule has 3 N–H and O–H groups in total. The van der Waals surface area contributed by atoms with Crippen molar-refractivity contribution in [3.05, 3.63) is 65.7 Å². The molecule has 5 nitrogen and oxygen atoms in total. The average molecular weight is 343 g/mol. The van der Waals surface area contributed by atoms with Crippen LogP contribution in [0.1, 0.15) is 12.0 Å². The number of nitrogens with two attached hydrogens (primary N) is 1. The van der Waals surface area contributed by atoms with Crippen molar-refractivity contribution in [3.63, 3.8) is 0 Å². The summed E-state index contributed by atoms with van der Waals surface area (Å²) in [6.45, 7) is 0. The molecule has 124 valence electrons. The molecule has 0 saturated heterocycles. The number of halogens is 2. The summed E-state index contributed by atoms with van der Waals surface area (Å²) in [7, 11) is -4.17. The minimum Gasteiger partial charge on any atom is -0.481 e. The lowest BCUT2D eigenvalue weighted by Gasteiger charge is -1.99. The van der Waals surface area contributed by atoms with Gasteiger partial charge in [0, 0.05) is 6.42 Å². The van der Waals surface area contributed by atoms with Gasteiger partial charge in [0.2, 0.25) is 10.0 Å².